The SMILES string of the molecule is CCCC[S+](CCCC)c1cn(-c2ccccc2)c2ccccc12. The van der Waals surface area contributed by atoms with Gasteiger partial charge in [0.25, 0.3) is 0 Å². The average molecular weight is 339 g/mol. The number of rotatable bonds is 8. The van der Waals surface area contributed by atoms with Gasteiger partial charge in [0.2, 0.25) is 0 Å². The molecule has 2 aromatic carbocycles. The zero-order chi connectivity index (χ0) is 16.8. The molecule has 1 nitrogen and oxygen atoms in total. The summed E-state index contributed by atoms with van der Waals surface area (Å²) < 4.78 is 2.38. The van der Waals surface area contributed by atoms with Gasteiger partial charge in [-0.15, -0.1) is 0 Å². The maximum absolute atomic E-state index is 2.41. The molecule has 0 radical (unpaired) electrons. The number of hydrogen-bond donors (Lipinski definition) is 0. The van der Waals surface area contributed by atoms with Gasteiger partial charge in [-0.1, -0.05) is 57.0 Å². The Labute approximate surface area is 149 Å². The second-order valence-electron chi connectivity index (χ2n) is 6.32. The van der Waals surface area contributed by atoms with Gasteiger partial charge in [0.05, 0.1) is 17.1 Å². The number of hydrogen-bond acceptors (Lipinski definition) is 0. The summed E-state index contributed by atoms with van der Waals surface area (Å²) in [7, 11) is 0.364. The first-order chi connectivity index (χ1) is 11.8. The van der Waals surface area contributed by atoms with E-state index in [2.05, 4.69) is 79.2 Å². The van der Waals surface area contributed by atoms with Crippen LogP contribution in [0.1, 0.15) is 39.5 Å². The summed E-state index contributed by atoms with van der Waals surface area (Å²) >= 11 is 0. The quantitative estimate of drug-likeness (QED) is 0.430. The molecule has 0 aliphatic rings. The fourth-order valence-electron chi connectivity index (χ4n) is 3.14. The molecule has 1 aromatic heterocycles. The molecule has 0 atom stereocenters. The maximum atomic E-state index is 2.41. The van der Waals surface area contributed by atoms with Gasteiger partial charge in [-0.05, 0) is 37.1 Å². The second kappa shape index (κ2) is 8.43. The normalized spacial score (nSPS) is 11.5. The molecule has 0 aliphatic carbocycles. The zero-order valence-corrected chi connectivity index (χ0v) is 15.7. The summed E-state index contributed by atoms with van der Waals surface area (Å²) in [6.45, 7) is 4.60. The maximum Gasteiger partial charge on any atom is 0.180 e. The molecule has 0 amide bonds. The van der Waals surface area contributed by atoms with Crippen LogP contribution in [0.15, 0.2) is 65.7 Å². The predicted molar refractivity (Wildman–Crippen MR) is 108 cm³/mol. The summed E-state index contributed by atoms with van der Waals surface area (Å²) in [5.74, 6) is 2.67. The first kappa shape index (κ1) is 17.2. The smallest absolute Gasteiger partial charge is 0.180 e. The van der Waals surface area contributed by atoms with Crippen molar-refractivity contribution in [3.8, 4) is 5.69 Å². The molecule has 126 valence electrons. The molecular formula is C22H28NS+. The first-order valence-corrected chi connectivity index (χ1v) is 10.7. The standard InChI is InChI=1S/C22H28NS/c1-3-5-16-24(17-6-4-2)22-18-23(19-12-8-7-9-13-19)21-15-11-10-14-20(21)22/h7-15,18H,3-6,16-17H2,1-2H3/q+1. The number of para-hydroxylation sites is 2. The summed E-state index contributed by atoms with van der Waals surface area (Å²) in [6.07, 6.45) is 7.64. The largest absolute Gasteiger partial charge is 0.311 e. The van der Waals surface area contributed by atoms with Crippen molar-refractivity contribution < 1.29 is 0 Å². The summed E-state index contributed by atoms with van der Waals surface area (Å²) in [5.41, 5.74) is 2.60. The second-order valence-corrected chi connectivity index (χ2v) is 8.57. The number of unbranched alkanes of at least 4 members (excludes halogenated alkanes) is 2. The Morgan fingerprint density at radius 1 is 0.792 bits per heavy atom. The van der Waals surface area contributed by atoms with Crippen LogP contribution < -0.4 is 0 Å². The molecule has 3 aromatic rings. The molecule has 2 heteroatoms. The fourth-order valence-corrected chi connectivity index (χ4v) is 5.80. The van der Waals surface area contributed by atoms with Gasteiger partial charge in [-0.3, -0.25) is 0 Å². The van der Waals surface area contributed by atoms with Crippen LogP contribution in [0.3, 0.4) is 0 Å². The van der Waals surface area contributed by atoms with Gasteiger partial charge in [-0.25, -0.2) is 0 Å². The van der Waals surface area contributed by atoms with Gasteiger partial charge in [0, 0.05) is 16.6 Å². The highest BCUT2D eigenvalue weighted by molar-refractivity contribution is 7.97. The van der Waals surface area contributed by atoms with Crippen LogP contribution >= 0.6 is 0 Å². The summed E-state index contributed by atoms with van der Waals surface area (Å²) in [5, 5.41) is 1.44. The van der Waals surface area contributed by atoms with Crippen LogP contribution in [0.2, 0.25) is 0 Å². The molecular weight excluding hydrogens is 310 g/mol. The highest BCUT2D eigenvalue weighted by Crippen LogP contribution is 2.31. The minimum absolute atomic E-state index is 0.364. The third kappa shape index (κ3) is 3.70. The Hall–Kier alpha value is -1.67. The highest BCUT2D eigenvalue weighted by Gasteiger charge is 2.26. The number of fused-ring (bicyclic) bond motifs is 1. The molecule has 1 heterocycles. The molecule has 0 bridgehead atoms. The molecule has 0 aliphatic heterocycles. The lowest BCUT2D eigenvalue weighted by Gasteiger charge is -2.06. The van der Waals surface area contributed by atoms with Crippen LogP contribution in [0, 0.1) is 0 Å². The molecule has 0 saturated carbocycles. The minimum Gasteiger partial charge on any atom is -0.311 e. The monoisotopic (exact) mass is 338 g/mol. The molecule has 0 fully saturated rings. The zero-order valence-electron chi connectivity index (χ0n) is 14.9. The van der Waals surface area contributed by atoms with Crippen molar-refractivity contribution in [3.05, 3.63) is 60.8 Å². The Balaban J connectivity index is 2.06. The molecule has 3 rings (SSSR count). The van der Waals surface area contributed by atoms with E-state index < -0.39 is 0 Å². The lowest BCUT2D eigenvalue weighted by Crippen LogP contribution is -2.12. The fraction of sp³-hybridized carbons (Fsp3) is 0.364. The van der Waals surface area contributed by atoms with E-state index in [0.717, 1.165) is 0 Å². The van der Waals surface area contributed by atoms with Crippen molar-refractivity contribution in [1.29, 1.82) is 0 Å². The first-order valence-electron chi connectivity index (χ1n) is 9.18. The van der Waals surface area contributed by atoms with Gasteiger partial charge >= 0.3 is 0 Å². The molecule has 0 N–H and O–H groups in total. The molecule has 0 unspecified atom stereocenters. The van der Waals surface area contributed by atoms with E-state index in [0.29, 0.717) is 10.9 Å². The predicted octanol–water partition coefficient (Wildman–Crippen LogP) is 6.21. The summed E-state index contributed by atoms with van der Waals surface area (Å²) in [6, 6.07) is 19.6. The van der Waals surface area contributed by atoms with E-state index in [1.165, 1.54) is 53.8 Å². The summed E-state index contributed by atoms with van der Waals surface area (Å²) in [4.78, 5) is 1.57. The molecule has 0 spiro atoms. The topological polar surface area (TPSA) is 4.93 Å². The van der Waals surface area contributed by atoms with Crippen molar-refractivity contribution in [2.75, 3.05) is 11.5 Å². The molecule has 0 saturated heterocycles. The lowest BCUT2D eigenvalue weighted by atomic mass is 10.2. The number of aromatic nitrogens is 1. The average Bonchev–Trinajstić information content (AvgIpc) is 3.02. The Morgan fingerprint density at radius 3 is 2.08 bits per heavy atom. The van der Waals surface area contributed by atoms with Crippen LogP contribution in [0.25, 0.3) is 16.6 Å². The van der Waals surface area contributed by atoms with Crippen LogP contribution in [0.5, 0.6) is 0 Å². The van der Waals surface area contributed by atoms with Gasteiger partial charge in [0.15, 0.2) is 4.90 Å². The van der Waals surface area contributed by atoms with E-state index in [9.17, 15) is 0 Å². The minimum atomic E-state index is 0.364. The van der Waals surface area contributed by atoms with Gasteiger partial charge < -0.3 is 4.57 Å². The van der Waals surface area contributed by atoms with Crippen LogP contribution in [-0.4, -0.2) is 16.1 Å². The van der Waals surface area contributed by atoms with Crippen LogP contribution in [0.4, 0.5) is 0 Å². The van der Waals surface area contributed by atoms with E-state index in [-0.39, 0.29) is 0 Å². The number of benzene rings is 2. The van der Waals surface area contributed by atoms with E-state index in [1.54, 1.807) is 4.90 Å². The van der Waals surface area contributed by atoms with E-state index in [4.69, 9.17) is 0 Å². The lowest BCUT2D eigenvalue weighted by molar-refractivity contribution is 0.871. The van der Waals surface area contributed by atoms with Gasteiger partial charge in [0.1, 0.15) is 11.5 Å². The van der Waals surface area contributed by atoms with E-state index >= 15 is 0 Å². The van der Waals surface area contributed by atoms with Crippen molar-refractivity contribution in [3.63, 3.8) is 0 Å². The van der Waals surface area contributed by atoms with Gasteiger partial charge in [-0.2, -0.15) is 0 Å². The van der Waals surface area contributed by atoms with Crippen molar-refractivity contribution >= 4 is 21.8 Å². The molecule has 24 heavy (non-hydrogen) atoms. The number of nitrogens with zero attached hydrogens (tertiary/aromatic N) is 1. The van der Waals surface area contributed by atoms with Crippen molar-refractivity contribution in [2.45, 2.75) is 44.4 Å². The third-order valence-corrected chi connectivity index (χ3v) is 7.02. The third-order valence-electron chi connectivity index (χ3n) is 4.51. The van der Waals surface area contributed by atoms with Crippen molar-refractivity contribution in [1.82, 2.24) is 4.57 Å². The Morgan fingerprint density at radius 2 is 1.42 bits per heavy atom. The Kier molecular flexibility index (Phi) is 6.03. The van der Waals surface area contributed by atoms with Crippen molar-refractivity contribution in [2.24, 2.45) is 0 Å². The Bertz CT molecular complexity index is 752. The van der Waals surface area contributed by atoms with E-state index in [1.807, 2.05) is 0 Å². The highest BCUT2D eigenvalue weighted by atomic mass is 32.2. The van der Waals surface area contributed by atoms with Crippen LogP contribution in [-0.2, 0) is 10.9 Å².